The van der Waals surface area contributed by atoms with E-state index in [1.54, 1.807) is 0 Å². The first-order chi connectivity index (χ1) is 12.4. The predicted molar refractivity (Wildman–Crippen MR) is 109 cm³/mol. The summed E-state index contributed by atoms with van der Waals surface area (Å²) >= 11 is 0. The molecule has 0 atom stereocenters. The molecule has 0 heteroatoms. The first-order valence-corrected chi connectivity index (χ1v) is 9.09. The fourth-order valence-electron chi connectivity index (χ4n) is 4.14. The fraction of sp³-hybridized carbons (Fsp3) is 0.120. The molecule has 0 aliphatic rings. The zero-order chi connectivity index (χ0) is 16.6. The topological polar surface area (TPSA) is 0 Å². The van der Waals surface area contributed by atoms with E-state index in [1.165, 1.54) is 49.9 Å². The third-order valence-corrected chi connectivity index (χ3v) is 5.37. The van der Waals surface area contributed by atoms with Crippen molar-refractivity contribution in [1.82, 2.24) is 0 Å². The van der Waals surface area contributed by atoms with Crippen molar-refractivity contribution in [1.29, 1.82) is 0 Å². The maximum absolute atomic E-state index is 2.33. The lowest BCUT2D eigenvalue weighted by Crippen LogP contribution is -1.93. The molecule has 0 saturated carbocycles. The highest BCUT2D eigenvalue weighted by atomic mass is 14.1. The Hall–Kier alpha value is -2.86. The van der Waals surface area contributed by atoms with Crippen LogP contribution in [0.2, 0.25) is 0 Å². The van der Waals surface area contributed by atoms with Gasteiger partial charge in [0.2, 0.25) is 0 Å². The minimum absolute atomic E-state index is 1.13. The van der Waals surface area contributed by atoms with Crippen LogP contribution in [0.3, 0.4) is 0 Å². The van der Waals surface area contributed by atoms with Gasteiger partial charge in [-0.25, -0.2) is 0 Å². The molecule has 25 heavy (non-hydrogen) atoms. The highest BCUT2D eigenvalue weighted by Gasteiger charge is 2.10. The van der Waals surface area contributed by atoms with Crippen molar-refractivity contribution < 1.29 is 0 Å². The van der Waals surface area contributed by atoms with Crippen molar-refractivity contribution in [3.63, 3.8) is 0 Å². The van der Waals surface area contributed by atoms with Crippen molar-refractivity contribution in [3.05, 3.63) is 96.1 Å². The molecule has 0 nitrogen and oxygen atoms in total. The van der Waals surface area contributed by atoms with Gasteiger partial charge in [0.15, 0.2) is 0 Å². The van der Waals surface area contributed by atoms with Crippen LogP contribution in [-0.4, -0.2) is 0 Å². The van der Waals surface area contributed by atoms with Crippen LogP contribution in [-0.2, 0) is 12.8 Å². The molecule has 0 aliphatic heterocycles. The molecule has 0 spiro atoms. The zero-order valence-electron chi connectivity index (χ0n) is 14.2. The van der Waals surface area contributed by atoms with Crippen molar-refractivity contribution in [3.8, 4) is 0 Å². The molecule has 5 aromatic rings. The highest BCUT2D eigenvalue weighted by molar-refractivity contribution is 6.23. The van der Waals surface area contributed by atoms with Crippen LogP contribution in [0, 0.1) is 0 Å². The molecule has 0 unspecified atom stereocenters. The van der Waals surface area contributed by atoms with Gasteiger partial charge >= 0.3 is 0 Å². The van der Waals surface area contributed by atoms with Gasteiger partial charge in [-0.3, -0.25) is 0 Å². The third kappa shape index (κ3) is 2.46. The summed E-state index contributed by atoms with van der Waals surface area (Å²) in [5, 5.41) is 8.32. The summed E-state index contributed by atoms with van der Waals surface area (Å²) in [4.78, 5) is 0. The molecule has 0 heterocycles. The summed E-state index contributed by atoms with van der Waals surface area (Å²) in [6, 6.07) is 31.1. The molecule has 0 aliphatic carbocycles. The van der Waals surface area contributed by atoms with Crippen LogP contribution < -0.4 is 0 Å². The van der Waals surface area contributed by atoms with Gasteiger partial charge in [0.25, 0.3) is 0 Å². The number of hydrogen-bond donors (Lipinski definition) is 0. The molecular weight excluding hydrogens is 300 g/mol. The van der Waals surface area contributed by atoms with E-state index < -0.39 is 0 Å². The van der Waals surface area contributed by atoms with Crippen LogP contribution in [0.15, 0.2) is 84.9 Å². The van der Waals surface area contributed by atoms with E-state index in [9.17, 15) is 0 Å². The van der Waals surface area contributed by atoms with E-state index in [4.69, 9.17) is 0 Å². The monoisotopic (exact) mass is 320 g/mol. The molecule has 0 aromatic heterocycles. The lowest BCUT2D eigenvalue weighted by atomic mass is 9.90. The van der Waals surface area contributed by atoms with Crippen LogP contribution >= 0.6 is 0 Å². The molecular formula is C25H20. The summed E-state index contributed by atoms with van der Waals surface area (Å²) < 4.78 is 0. The van der Waals surface area contributed by atoms with Gasteiger partial charge in [-0.1, -0.05) is 84.9 Å². The second-order valence-electron chi connectivity index (χ2n) is 6.92. The van der Waals surface area contributed by atoms with Crippen molar-refractivity contribution >= 4 is 32.3 Å². The van der Waals surface area contributed by atoms with Gasteiger partial charge in [-0.2, -0.15) is 0 Å². The minimum Gasteiger partial charge on any atom is -0.0622 e. The zero-order valence-corrected chi connectivity index (χ0v) is 14.2. The van der Waals surface area contributed by atoms with E-state index in [-0.39, 0.29) is 0 Å². The van der Waals surface area contributed by atoms with E-state index in [1.807, 2.05) is 0 Å². The molecule has 5 aromatic carbocycles. The Bertz CT molecular complexity index is 1140. The third-order valence-electron chi connectivity index (χ3n) is 5.37. The summed E-state index contributed by atoms with van der Waals surface area (Å²) in [5.74, 6) is 0. The van der Waals surface area contributed by atoms with E-state index in [0.29, 0.717) is 0 Å². The maximum Gasteiger partial charge on any atom is -0.00240 e. The Morgan fingerprint density at radius 2 is 1.16 bits per heavy atom. The number of hydrogen-bond acceptors (Lipinski definition) is 0. The normalized spacial score (nSPS) is 11.7. The van der Waals surface area contributed by atoms with Gasteiger partial charge in [-0.05, 0) is 62.7 Å². The van der Waals surface area contributed by atoms with Gasteiger partial charge in [0.1, 0.15) is 0 Å². The fourth-order valence-corrected chi connectivity index (χ4v) is 4.14. The molecule has 0 N–H and O–H groups in total. The van der Waals surface area contributed by atoms with Gasteiger partial charge < -0.3 is 0 Å². The van der Waals surface area contributed by atoms with Gasteiger partial charge in [-0.15, -0.1) is 0 Å². The Kier molecular flexibility index (Phi) is 3.41. The van der Waals surface area contributed by atoms with E-state index in [0.717, 1.165) is 12.8 Å². The van der Waals surface area contributed by atoms with Crippen LogP contribution in [0.1, 0.15) is 17.5 Å². The second-order valence-corrected chi connectivity index (χ2v) is 6.92. The Morgan fingerprint density at radius 1 is 0.480 bits per heavy atom. The Labute approximate surface area is 148 Å². The molecule has 0 saturated heterocycles. The van der Waals surface area contributed by atoms with Crippen molar-refractivity contribution in [2.24, 2.45) is 0 Å². The second kappa shape index (κ2) is 5.89. The minimum atomic E-state index is 1.13. The average molecular weight is 320 g/mol. The molecule has 0 radical (unpaired) electrons. The molecule has 0 fully saturated rings. The molecule has 5 rings (SSSR count). The summed E-state index contributed by atoms with van der Waals surface area (Å²) in [7, 11) is 0. The van der Waals surface area contributed by atoms with Crippen LogP contribution in [0.25, 0.3) is 32.3 Å². The predicted octanol–water partition coefficient (Wildman–Crippen LogP) is 6.76. The average Bonchev–Trinajstić information content (AvgIpc) is 2.68. The molecule has 0 amide bonds. The molecule has 0 bridgehead atoms. The summed E-state index contributed by atoms with van der Waals surface area (Å²) in [6.07, 6.45) is 3.46. The largest absolute Gasteiger partial charge is 0.0622 e. The van der Waals surface area contributed by atoms with E-state index in [2.05, 4.69) is 84.9 Å². The number of benzene rings is 5. The SMILES string of the molecule is c1ccc(CCCc2ccc3ccc4cccc5ccc2c3c45)cc1. The first-order valence-electron chi connectivity index (χ1n) is 9.09. The van der Waals surface area contributed by atoms with Gasteiger partial charge in [0.05, 0.1) is 0 Å². The van der Waals surface area contributed by atoms with Crippen molar-refractivity contribution in [2.75, 3.05) is 0 Å². The highest BCUT2D eigenvalue weighted by Crippen LogP contribution is 2.36. The van der Waals surface area contributed by atoms with Crippen LogP contribution in [0.4, 0.5) is 0 Å². The lowest BCUT2D eigenvalue weighted by Gasteiger charge is -2.14. The Morgan fingerprint density at radius 3 is 1.96 bits per heavy atom. The first kappa shape index (κ1) is 14.5. The summed E-state index contributed by atoms with van der Waals surface area (Å²) in [5.41, 5.74) is 2.90. The van der Waals surface area contributed by atoms with Crippen molar-refractivity contribution in [2.45, 2.75) is 19.3 Å². The lowest BCUT2D eigenvalue weighted by molar-refractivity contribution is 0.825. The molecule has 120 valence electrons. The standard InChI is InChI=1S/C25H20/c1-2-6-18(7-3-1)8-4-9-19-12-13-22-15-14-20-10-5-11-21-16-17-23(19)25(22)24(20)21/h1-3,5-7,10-17H,4,8-9H2. The Balaban J connectivity index is 1.57. The van der Waals surface area contributed by atoms with Gasteiger partial charge in [0, 0.05) is 0 Å². The number of rotatable bonds is 4. The smallest absolute Gasteiger partial charge is 0.00240 e. The number of aryl methyl sites for hydroxylation is 2. The summed E-state index contributed by atoms with van der Waals surface area (Å²) in [6.45, 7) is 0. The van der Waals surface area contributed by atoms with Crippen LogP contribution in [0.5, 0.6) is 0 Å². The maximum atomic E-state index is 2.33. The quantitative estimate of drug-likeness (QED) is 0.321. The van der Waals surface area contributed by atoms with E-state index >= 15 is 0 Å².